The minimum atomic E-state index is -0.109. The van der Waals surface area contributed by atoms with Crippen LogP contribution in [0, 0.1) is 13.8 Å². The molecule has 0 aliphatic carbocycles. The number of nitrogens with two attached hydrogens (primary N) is 1. The fourth-order valence-corrected chi connectivity index (χ4v) is 3.19. The first-order chi connectivity index (χ1) is 12.9. The predicted octanol–water partition coefficient (Wildman–Crippen LogP) is 1.78. The molecule has 0 radical (unpaired) electrons. The largest absolute Gasteiger partial charge is 0.492 e. The van der Waals surface area contributed by atoms with Crippen LogP contribution in [0.25, 0.3) is 0 Å². The third-order valence-electron chi connectivity index (χ3n) is 4.65. The molecule has 27 heavy (non-hydrogen) atoms. The number of carbonyl (C=O) groups excluding carboxylic acids is 1. The average molecular weight is 369 g/mol. The van der Waals surface area contributed by atoms with E-state index in [4.69, 9.17) is 10.5 Å². The van der Waals surface area contributed by atoms with Crippen LogP contribution in [0.2, 0.25) is 0 Å². The summed E-state index contributed by atoms with van der Waals surface area (Å²) in [5.41, 5.74) is 8.58. The van der Waals surface area contributed by atoms with E-state index in [0.717, 1.165) is 12.2 Å². The van der Waals surface area contributed by atoms with Crippen LogP contribution < -0.4 is 15.4 Å². The molecule has 1 unspecified atom stereocenters. The maximum absolute atomic E-state index is 12.4. The summed E-state index contributed by atoms with van der Waals surface area (Å²) < 4.78 is 5.84. The molecule has 1 aromatic carbocycles. The van der Waals surface area contributed by atoms with Crippen LogP contribution in [0.3, 0.4) is 0 Å². The maximum atomic E-state index is 12.4. The number of likely N-dealkylation sites (N-methyl/N-ethyl adjacent to an activating group) is 1. The van der Waals surface area contributed by atoms with Crippen LogP contribution >= 0.6 is 0 Å². The zero-order valence-corrected chi connectivity index (χ0v) is 16.2. The van der Waals surface area contributed by atoms with Gasteiger partial charge in [0.05, 0.1) is 18.9 Å². The molecule has 2 N–H and O–H groups in total. The number of hydrogen-bond donors (Lipinski definition) is 1. The fraction of sp³-hybridized carbons (Fsp3) is 0.450. The lowest BCUT2D eigenvalue weighted by atomic mass is 10.1. The van der Waals surface area contributed by atoms with Crippen molar-refractivity contribution < 1.29 is 9.53 Å². The Morgan fingerprint density at radius 3 is 2.59 bits per heavy atom. The molecule has 1 fully saturated rings. The smallest absolute Gasteiger partial charge is 0.274 e. The molecular formula is C20H27N5O2. The van der Waals surface area contributed by atoms with Gasteiger partial charge in [0.1, 0.15) is 23.9 Å². The number of benzene rings is 1. The predicted molar refractivity (Wildman–Crippen MR) is 105 cm³/mol. The number of carbonyl (C=O) groups is 1. The van der Waals surface area contributed by atoms with E-state index in [1.807, 2.05) is 24.1 Å². The summed E-state index contributed by atoms with van der Waals surface area (Å²) in [7, 11) is 1.93. The Balaban J connectivity index is 1.52. The van der Waals surface area contributed by atoms with E-state index in [9.17, 15) is 4.79 Å². The van der Waals surface area contributed by atoms with Crippen molar-refractivity contribution in [1.29, 1.82) is 0 Å². The summed E-state index contributed by atoms with van der Waals surface area (Å²) >= 11 is 0. The summed E-state index contributed by atoms with van der Waals surface area (Å²) in [6, 6.07) is 6.23. The van der Waals surface area contributed by atoms with Crippen molar-refractivity contribution in [2.24, 2.45) is 5.73 Å². The topological polar surface area (TPSA) is 84.6 Å². The van der Waals surface area contributed by atoms with E-state index in [-0.39, 0.29) is 11.9 Å². The highest BCUT2D eigenvalue weighted by atomic mass is 16.5. The first-order valence-corrected chi connectivity index (χ1v) is 9.21. The van der Waals surface area contributed by atoms with E-state index in [1.54, 1.807) is 11.1 Å². The number of nitrogens with zero attached hydrogens (tertiary/aromatic N) is 4. The molecule has 1 saturated heterocycles. The highest BCUT2D eigenvalue weighted by Gasteiger charge is 2.25. The number of anilines is 1. The molecule has 0 bridgehead atoms. The molecule has 1 atom stereocenters. The Bertz CT molecular complexity index is 773. The fourth-order valence-electron chi connectivity index (χ4n) is 3.19. The van der Waals surface area contributed by atoms with Crippen LogP contribution in [0.15, 0.2) is 30.6 Å². The number of ether oxygens (including phenoxy) is 1. The number of amides is 1. The molecule has 1 aromatic heterocycles. The van der Waals surface area contributed by atoms with Crippen LogP contribution in [-0.4, -0.2) is 60.1 Å². The lowest BCUT2D eigenvalue weighted by molar-refractivity contribution is 0.0784. The Hall–Kier alpha value is -2.67. The van der Waals surface area contributed by atoms with Gasteiger partial charge < -0.3 is 20.3 Å². The third kappa shape index (κ3) is 4.95. The van der Waals surface area contributed by atoms with Gasteiger partial charge in [-0.1, -0.05) is 6.07 Å². The first-order valence-electron chi connectivity index (χ1n) is 9.21. The second-order valence-corrected chi connectivity index (χ2v) is 7.15. The molecule has 3 rings (SSSR count). The van der Waals surface area contributed by atoms with Gasteiger partial charge in [-0.3, -0.25) is 4.79 Å². The zero-order valence-electron chi connectivity index (χ0n) is 16.2. The van der Waals surface area contributed by atoms with E-state index in [1.165, 1.54) is 17.3 Å². The van der Waals surface area contributed by atoms with Gasteiger partial charge in [0.2, 0.25) is 0 Å². The highest BCUT2D eigenvalue weighted by molar-refractivity contribution is 5.92. The molecule has 7 nitrogen and oxygen atoms in total. The first kappa shape index (κ1) is 19.1. The molecule has 2 heterocycles. The van der Waals surface area contributed by atoms with Crippen molar-refractivity contribution in [3.8, 4) is 5.75 Å². The second-order valence-electron chi connectivity index (χ2n) is 7.15. The Labute approximate surface area is 160 Å². The summed E-state index contributed by atoms with van der Waals surface area (Å²) in [6.07, 6.45) is 3.99. The van der Waals surface area contributed by atoms with Gasteiger partial charge in [0.25, 0.3) is 5.91 Å². The summed E-state index contributed by atoms with van der Waals surface area (Å²) in [4.78, 5) is 24.7. The summed E-state index contributed by atoms with van der Waals surface area (Å²) in [5.74, 6) is 1.47. The van der Waals surface area contributed by atoms with Crippen molar-refractivity contribution in [3.05, 3.63) is 47.4 Å². The molecule has 1 amide bonds. The second kappa shape index (κ2) is 8.35. The SMILES string of the molecule is Cc1cc(C)cc(OCCN(C)c2cnc(C(=O)N3CCC(N)C3)cn2)c1. The molecule has 2 aromatic rings. The van der Waals surface area contributed by atoms with Crippen molar-refractivity contribution in [1.82, 2.24) is 14.9 Å². The Kier molecular flexibility index (Phi) is 5.91. The van der Waals surface area contributed by atoms with E-state index >= 15 is 0 Å². The van der Waals surface area contributed by atoms with Crippen LogP contribution in [0.1, 0.15) is 28.0 Å². The van der Waals surface area contributed by atoms with Gasteiger partial charge in [-0.25, -0.2) is 9.97 Å². The maximum Gasteiger partial charge on any atom is 0.274 e. The monoisotopic (exact) mass is 369 g/mol. The molecular weight excluding hydrogens is 342 g/mol. The number of aryl methyl sites for hydroxylation is 2. The van der Waals surface area contributed by atoms with Gasteiger partial charge in [-0.05, 0) is 43.5 Å². The minimum absolute atomic E-state index is 0.0597. The van der Waals surface area contributed by atoms with Crippen molar-refractivity contribution in [2.75, 3.05) is 38.2 Å². The molecule has 7 heteroatoms. The standard InChI is InChI=1S/C20H27N5O2/c1-14-8-15(2)10-17(9-14)27-7-6-24(3)19-12-22-18(11-23-19)20(26)25-5-4-16(21)13-25/h8-12,16H,4-7,13,21H2,1-3H3. The van der Waals surface area contributed by atoms with Gasteiger partial charge in [0, 0.05) is 26.2 Å². The van der Waals surface area contributed by atoms with Crippen LogP contribution in [0.5, 0.6) is 5.75 Å². The van der Waals surface area contributed by atoms with Gasteiger partial charge in [-0.2, -0.15) is 0 Å². The number of rotatable bonds is 6. The summed E-state index contributed by atoms with van der Waals surface area (Å²) in [5, 5.41) is 0. The van der Waals surface area contributed by atoms with E-state index in [0.29, 0.717) is 37.8 Å². The number of aromatic nitrogens is 2. The quantitative estimate of drug-likeness (QED) is 0.836. The van der Waals surface area contributed by atoms with Crippen LogP contribution in [-0.2, 0) is 0 Å². The van der Waals surface area contributed by atoms with Gasteiger partial charge >= 0.3 is 0 Å². The normalized spacial score (nSPS) is 16.4. The van der Waals surface area contributed by atoms with Crippen LogP contribution in [0.4, 0.5) is 5.82 Å². The average Bonchev–Trinajstić information content (AvgIpc) is 3.07. The highest BCUT2D eigenvalue weighted by Crippen LogP contribution is 2.17. The van der Waals surface area contributed by atoms with Gasteiger partial charge in [0.15, 0.2) is 0 Å². The minimum Gasteiger partial charge on any atom is -0.492 e. The van der Waals surface area contributed by atoms with Crippen molar-refractivity contribution in [3.63, 3.8) is 0 Å². The molecule has 144 valence electrons. The van der Waals surface area contributed by atoms with E-state index in [2.05, 4.69) is 29.9 Å². The van der Waals surface area contributed by atoms with E-state index < -0.39 is 0 Å². The lowest BCUT2D eigenvalue weighted by Gasteiger charge is -2.19. The zero-order chi connectivity index (χ0) is 19.4. The van der Waals surface area contributed by atoms with Crippen molar-refractivity contribution >= 4 is 11.7 Å². The number of likely N-dealkylation sites (tertiary alicyclic amines) is 1. The molecule has 0 spiro atoms. The van der Waals surface area contributed by atoms with Crippen molar-refractivity contribution in [2.45, 2.75) is 26.3 Å². The molecule has 1 aliphatic heterocycles. The molecule has 0 saturated carbocycles. The number of hydrogen-bond acceptors (Lipinski definition) is 6. The third-order valence-corrected chi connectivity index (χ3v) is 4.65. The summed E-state index contributed by atoms with van der Waals surface area (Å²) in [6.45, 7) is 6.57. The Morgan fingerprint density at radius 2 is 2.00 bits per heavy atom. The molecule has 1 aliphatic rings. The lowest BCUT2D eigenvalue weighted by Crippen LogP contribution is -2.32. The Morgan fingerprint density at radius 1 is 1.26 bits per heavy atom. The van der Waals surface area contributed by atoms with Gasteiger partial charge in [-0.15, -0.1) is 0 Å².